The number of allylic oxidation sites excluding steroid dienone is 6. The Morgan fingerprint density at radius 1 is 0.653 bits per heavy atom. The highest BCUT2D eigenvalue weighted by atomic mass is 16.3. The molecular weight excluding hydrogens is 915 g/mol. The minimum Gasteiger partial charge on any atom is -0.458 e. The van der Waals surface area contributed by atoms with Crippen LogP contribution in [0.15, 0.2) is 215 Å². The summed E-state index contributed by atoms with van der Waals surface area (Å²) in [7, 11) is 0. The number of rotatable bonds is 9. The van der Waals surface area contributed by atoms with E-state index in [0.717, 1.165) is 130 Å². The molecule has 0 spiro atoms. The van der Waals surface area contributed by atoms with Crippen LogP contribution in [-0.4, -0.2) is 0 Å². The molecule has 9 aromatic carbocycles. The van der Waals surface area contributed by atoms with Crippen LogP contribution >= 0.6 is 0 Å². The Bertz CT molecular complexity index is 4310. The fourth-order valence-corrected chi connectivity index (χ4v) is 12.8. The lowest BCUT2D eigenvalue weighted by Gasteiger charge is -2.39. The summed E-state index contributed by atoms with van der Waals surface area (Å²) in [5, 5.41) is 20.9. The van der Waals surface area contributed by atoms with Crippen LogP contribution in [0.3, 0.4) is 0 Å². The molecule has 0 amide bonds. The molecule has 5 nitrogen and oxygen atoms in total. The number of para-hydroxylation sites is 3. The van der Waals surface area contributed by atoms with Gasteiger partial charge in [-0.1, -0.05) is 179 Å². The highest BCUT2D eigenvalue weighted by Crippen LogP contribution is 2.52. The van der Waals surface area contributed by atoms with Crippen molar-refractivity contribution in [3.63, 3.8) is 0 Å². The van der Waals surface area contributed by atoms with Crippen molar-refractivity contribution < 1.29 is 8.83 Å². The Morgan fingerprint density at radius 3 is 2.08 bits per heavy atom. The van der Waals surface area contributed by atoms with Crippen molar-refractivity contribution in [3.8, 4) is 6.07 Å². The van der Waals surface area contributed by atoms with Crippen molar-refractivity contribution in [2.45, 2.75) is 57.8 Å². The van der Waals surface area contributed by atoms with E-state index >= 15 is 0 Å². The van der Waals surface area contributed by atoms with Gasteiger partial charge < -0.3 is 18.6 Å². The maximum Gasteiger partial charge on any atom is 0.159 e. The first-order valence-corrected chi connectivity index (χ1v) is 26.5. The molecule has 5 heteroatoms. The third kappa shape index (κ3) is 7.11. The summed E-state index contributed by atoms with van der Waals surface area (Å²) in [5.41, 5.74) is 13.9. The summed E-state index contributed by atoms with van der Waals surface area (Å²) in [6, 6.07) is 59.9. The van der Waals surface area contributed by atoms with Gasteiger partial charge in [-0.05, 0) is 123 Å². The van der Waals surface area contributed by atoms with E-state index < -0.39 is 0 Å². The number of nitrogens with zero attached hydrogens (tertiary/aromatic N) is 3. The smallest absolute Gasteiger partial charge is 0.159 e. The summed E-state index contributed by atoms with van der Waals surface area (Å²) in [6.07, 6.45) is 19.1. The summed E-state index contributed by atoms with van der Waals surface area (Å²) < 4.78 is 13.9. The Morgan fingerprint density at radius 2 is 1.33 bits per heavy atom. The molecule has 3 aliphatic rings. The highest BCUT2D eigenvalue weighted by molar-refractivity contribution is 6.28. The van der Waals surface area contributed by atoms with E-state index in [1.807, 2.05) is 12.1 Å². The van der Waals surface area contributed by atoms with Gasteiger partial charge in [0.1, 0.15) is 11.3 Å². The van der Waals surface area contributed by atoms with Crippen molar-refractivity contribution in [1.29, 1.82) is 5.26 Å². The summed E-state index contributed by atoms with van der Waals surface area (Å²) >= 11 is 0. The predicted molar refractivity (Wildman–Crippen MR) is 313 cm³/mol. The Kier molecular flexibility index (Phi) is 10.4. The molecule has 75 heavy (non-hydrogen) atoms. The molecule has 4 atom stereocenters. The molecule has 0 radical (unpaired) electrons. The Balaban J connectivity index is 1.03. The van der Waals surface area contributed by atoms with Crippen molar-refractivity contribution in [2.75, 3.05) is 9.80 Å². The fraction of sp³-hybridized carbons (Fsp3) is 0.157. The molecule has 4 unspecified atom stereocenters. The Hall–Kier alpha value is -8.85. The minimum atomic E-state index is -0.0724. The molecule has 0 bridgehead atoms. The van der Waals surface area contributed by atoms with E-state index in [1.54, 1.807) is 0 Å². The van der Waals surface area contributed by atoms with Crippen molar-refractivity contribution in [1.82, 2.24) is 0 Å². The van der Waals surface area contributed by atoms with Crippen LogP contribution in [0.1, 0.15) is 74.0 Å². The molecule has 2 aromatic heterocycles. The van der Waals surface area contributed by atoms with Crippen molar-refractivity contribution in [3.05, 3.63) is 234 Å². The van der Waals surface area contributed by atoms with Gasteiger partial charge in [0.15, 0.2) is 11.2 Å². The van der Waals surface area contributed by atoms with Crippen LogP contribution in [0, 0.1) is 23.2 Å². The van der Waals surface area contributed by atoms with Gasteiger partial charge in [-0.15, -0.1) is 0 Å². The number of hydrogen-bond donors (Lipinski definition) is 0. The first-order chi connectivity index (χ1) is 36.8. The zero-order valence-electron chi connectivity index (χ0n) is 42.5. The standard InChI is InChI=1S/C70H55N3O2/c1-5-45-37-51(70(4)34-12-11-15-44(70)3)41-53(38-45)73(62-21-13-19-56-54-18-9-10-23-64(54)74-68(56)62)61-33-28-49-25-30-58-60(32-27-48-26-31-59(61)67(49)66(48)58)72(52-39-46(42-71)36-50(40-52)47-16-7-6-8-17-47)63-22-14-20-57-55-29-24-43(2)35-65(55)75-69(57)63/h5-14,16-33,37-41,43-44,50H,1,15,34-36H2,2-4H3. The van der Waals surface area contributed by atoms with E-state index in [1.165, 1.54) is 21.9 Å². The quantitative estimate of drug-likeness (QED) is 0.107. The van der Waals surface area contributed by atoms with Crippen LogP contribution in [0.5, 0.6) is 0 Å². The second kappa shape index (κ2) is 17.4. The van der Waals surface area contributed by atoms with Gasteiger partial charge >= 0.3 is 0 Å². The molecular formula is C70H55N3O2. The van der Waals surface area contributed by atoms with Gasteiger partial charge in [0.2, 0.25) is 0 Å². The molecule has 0 saturated heterocycles. The average Bonchev–Trinajstić information content (AvgIpc) is 4.04. The van der Waals surface area contributed by atoms with E-state index in [2.05, 4.69) is 231 Å². The van der Waals surface area contributed by atoms with E-state index in [-0.39, 0.29) is 11.3 Å². The predicted octanol–water partition coefficient (Wildman–Crippen LogP) is 19.5. The zero-order valence-corrected chi connectivity index (χ0v) is 42.5. The number of anilines is 5. The van der Waals surface area contributed by atoms with Gasteiger partial charge in [-0.3, -0.25) is 0 Å². The van der Waals surface area contributed by atoms with Gasteiger partial charge in [0, 0.05) is 61.8 Å². The van der Waals surface area contributed by atoms with E-state index in [4.69, 9.17) is 8.83 Å². The summed E-state index contributed by atoms with van der Waals surface area (Å²) in [5.74, 6) is 1.84. The SMILES string of the molecule is C=Cc1cc(N(c2ccc3ccc4c(N(C5=CC(c6ccccc6)CC(C#N)=C5)c5cccc6c7c(oc56)CC(C)C=C7)ccc5ccc2c3c54)c2cccc3c2oc2ccccc23)cc(C2(C)CC=CCC2C)c1. The van der Waals surface area contributed by atoms with Crippen LogP contribution in [0.25, 0.3) is 77.4 Å². The second-order valence-corrected chi connectivity index (χ2v) is 21.5. The minimum absolute atomic E-state index is 0.00108. The zero-order chi connectivity index (χ0) is 50.5. The first-order valence-electron chi connectivity index (χ1n) is 26.5. The van der Waals surface area contributed by atoms with Crippen LogP contribution < -0.4 is 9.80 Å². The third-order valence-electron chi connectivity index (χ3n) is 17.0. The molecule has 3 aliphatic carbocycles. The summed E-state index contributed by atoms with van der Waals surface area (Å²) in [4.78, 5) is 4.80. The normalized spacial score (nSPS) is 19.5. The number of fused-ring (bicyclic) bond motifs is 6. The molecule has 0 saturated carbocycles. The van der Waals surface area contributed by atoms with Gasteiger partial charge in [-0.25, -0.2) is 0 Å². The monoisotopic (exact) mass is 969 g/mol. The largest absolute Gasteiger partial charge is 0.458 e. The highest BCUT2D eigenvalue weighted by Gasteiger charge is 2.35. The first kappa shape index (κ1) is 44.8. The molecule has 0 aliphatic heterocycles. The summed E-state index contributed by atoms with van der Waals surface area (Å²) in [6.45, 7) is 11.4. The second-order valence-electron chi connectivity index (χ2n) is 21.5. The van der Waals surface area contributed by atoms with E-state index in [9.17, 15) is 5.26 Å². The topological polar surface area (TPSA) is 56.5 Å². The molecule has 2 heterocycles. The molecule has 14 rings (SSSR count). The van der Waals surface area contributed by atoms with Gasteiger partial charge in [0.25, 0.3) is 0 Å². The lowest BCUT2D eigenvalue weighted by atomic mass is 9.66. The lowest BCUT2D eigenvalue weighted by molar-refractivity contribution is 0.306. The maximum atomic E-state index is 10.7. The average molecular weight is 970 g/mol. The van der Waals surface area contributed by atoms with Crippen molar-refractivity contribution >= 4 is 106 Å². The molecule has 0 fully saturated rings. The Labute approximate surface area is 437 Å². The van der Waals surface area contributed by atoms with Gasteiger partial charge in [0.05, 0.1) is 28.8 Å². The third-order valence-corrected chi connectivity index (χ3v) is 17.0. The van der Waals surface area contributed by atoms with Crippen molar-refractivity contribution in [2.24, 2.45) is 11.8 Å². The lowest BCUT2D eigenvalue weighted by Crippen LogP contribution is -2.31. The number of benzene rings is 9. The molecule has 0 N–H and O–H groups in total. The fourth-order valence-electron chi connectivity index (χ4n) is 12.8. The molecule has 362 valence electrons. The number of hydrogen-bond acceptors (Lipinski definition) is 5. The van der Waals surface area contributed by atoms with Crippen LogP contribution in [0.4, 0.5) is 28.4 Å². The molecule has 11 aromatic rings. The van der Waals surface area contributed by atoms with Gasteiger partial charge in [-0.2, -0.15) is 5.26 Å². The van der Waals surface area contributed by atoms with E-state index in [0.29, 0.717) is 18.3 Å². The number of furan rings is 2. The van der Waals surface area contributed by atoms with Crippen LogP contribution in [0.2, 0.25) is 0 Å². The maximum absolute atomic E-state index is 10.7. The van der Waals surface area contributed by atoms with Crippen LogP contribution in [-0.2, 0) is 11.8 Å². The number of nitriles is 1.